The Morgan fingerprint density at radius 2 is 2.06 bits per heavy atom. The first-order valence-electron chi connectivity index (χ1n) is 6.15. The molecule has 3 heteroatoms. The van der Waals surface area contributed by atoms with Crippen molar-refractivity contribution in [2.24, 2.45) is 0 Å². The molecule has 3 nitrogen and oxygen atoms in total. The molecule has 0 radical (unpaired) electrons. The van der Waals surface area contributed by atoms with Gasteiger partial charge in [-0.15, -0.1) is 0 Å². The van der Waals surface area contributed by atoms with E-state index in [-0.39, 0.29) is 0 Å². The molecule has 1 aromatic carbocycles. The van der Waals surface area contributed by atoms with E-state index in [4.69, 9.17) is 4.74 Å². The molecule has 0 aliphatic rings. The third-order valence-corrected chi connectivity index (χ3v) is 3.18. The minimum Gasteiger partial charge on any atom is -0.496 e. The SMILES string of the molecule is CNCCC(C)N(C)Cc1ccccc1OC. The molecule has 1 aromatic rings. The smallest absolute Gasteiger partial charge is 0.123 e. The van der Waals surface area contributed by atoms with E-state index in [1.165, 1.54) is 5.56 Å². The van der Waals surface area contributed by atoms with Crippen LogP contribution in [0.5, 0.6) is 5.75 Å². The van der Waals surface area contributed by atoms with E-state index in [2.05, 4.69) is 36.3 Å². The lowest BCUT2D eigenvalue weighted by Gasteiger charge is -2.25. The predicted octanol–water partition coefficient (Wildman–Crippen LogP) is 2.12. The highest BCUT2D eigenvalue weighted by Crippen LogP contribution is 2.19. The van der Waals surface area contributed by atoms with Gasteiger partial charge in [0.1, 0.15) is 5.75 Å². The molecule has 1 rings (SSSR count). The Bertz CT molecular complexity index is 328. The summed E-state index contributed by atoms with van der Waals surface area (Å²) in [4.78, 5) is 2.36. The lowest BCUT2D eigenvalue weighted by Crippen LogP contribution is -2.31. The lowest BCUT2D eigenvalue weighted by atomic mass is 10.1. The Kier molecular flexibility index (Phi) is 6.01. The number of hydrogen-bond donors (Lipinski definition) is 1. The Morgan fingerprint density at radius 1 is 1.35 bits per heavy atom. The summed E-state index contributed by atoms with van der Waals surface area (Å²) < 4.78 is 5.37. The van der Waals surface area contributed by atoms with Crippen molar-refractivity contribution in [3.63, 3.8) is 0 Å². The summed E-state index contributed by atoms with van der Waals surface area (Å²) in [6.07, 6.45) is 1.15. The number of hydrogen-bond acceptors (Lipinski definition) is 3. The average Bonchev–Trinajstić information content (AvgIpc) is 2.36. The molecular formula is C14H24N2O. The van der Waals surface area contributed by atoms with Crippen LogP contribution in [-0.4, -0.2) is 38.7 Å². The first-order valence-corrected chi connectivity index (χ1v) is 6.15. The van der Waals surface area contributed by atoms with Crippen molar-refractivity contribution < 1.29 is 4.74 Å². The number of nitrogens with zero attached hydrogens (tertiary/aromatic N) is 1. The van der Waals surface area contributed by atoms with Crippen LogP contribution >= 0.6 is 0 Å². The van der Waals surface area contributed by atoms with Gasteiger partial charge >= 0.3 is 0 Å². The maximum atomic E-state index is 5.37. The summed E-state index contributed by atoms with van der Waals surface area (Å²) >= 11 is 0. The maximum Gasteiger partial charge on any atom is 0.123 e. The van der Waals surface area contributed by atoms with Crippen molar-refractivity contribution in [2.45, 2.75) is 25.9 Å². The lowest BCUT2D eigenvalue weighted by molar-refractivity contribution is 0.234. The van der Waals surface area contributed by atoms with Crippen molar-refractivity contribution in [3.8, 4) is 5.75 Å². The molecule has 1 N–H and O–H groups in total. The van der Waals surface area contributed by atoms with Gasteiger partial charge in [0.2, 0.25) is 0 Å². The second-order valence-electron chi connectivity index (χ2n) is 4.47. The van der Waals surface area contributed by atoms with Crippen LogP contribution in [0, 0.1) is 0 Å². The van der Waals surface area contributed by atoms with Gasteiger partial charge < -0.3 is 10.1 Å². The van der Waals surface area contributed by atoms with E-state index in [1.807, 2.05) is 19.2 Å². The Morgan fingerprint density at radius 3 is 2.71 bits per heavy atom. The fraction of sp³-hybridized carbons (Fsp3) is 0.571. The number of methoxy groups -OCH3 is 1. The molecule has 0 aromatic heterocycles. The highest BCUT2D eigenvalue weighted by molar-refractivity contribution is 5.33. The van der Waals surface area contributed by atoms with Crippen molar-refractivity contribution in [1.82, 2.24) is 10.2 Å². The molecule has 0 aliphatic heterocycles. The van der Waals surface area contributed by atoms with Gasteiger partial charge in [0.05, 0.1) is 7.11 Å². The second kappa shape index (κ2) is 7.30. The van der Waals surface area contributed by atoms with Gasteiger partial charge in [0, 0.05) is 18.2 Å². The van der Waals surface area contributed by atoms with Crippen molar-refractivity contribution in [1.29, 1.82) is 0 Å². The highest BCUT2D eigenvalue weighted by atomic mass is 16.5. The predicted molar refractivity (Wildman–Crippen MR) is 72.5 cm³/mol. The fourth-order valence-electron chi connectivity index (χ4n) is 1.83. The monoisotopic (exact) mass is 236 g/mol. The van der Waals surface area contributed by atoms with Gasteiger partial charge in [0.15, 0.2) is 0 Å². The number of nitrogens with one attached hydrogen (secondary N) is 1. The van der Waals surface area contributed by atoms with Crippen LogP contribution in [-0.2, 0) is 6.54 Å². The van der Waals surface area contributed by atoms with Gasteiger partial charge in [-0.05, 0) is 40.1 Å². The summed E-state index contributed by atoms with van der Waals surface area (Å²) in [5.74, 6) is 0.972. The van der Waals surface area contributed by atoms with Gasteiger partial charge in [-0.1, -0.05) is 18.2 Å². The summed E-state index contributed by atoms with van der Waals surface area (Å²) in [5, 5.41) is 3.19. The Balaban J connectivity index is 2.57. The van der Waals surface area contributed by atoms with Gasteiger partial charge in [0.25, 0.3) is 0 Å². The summed E-state index contributed by atoms with van der Waals surface area (Å²) in [7, 11) is 5.88. The van der Waals surface area contributed by atoms with Crippen molar-refractivity contribution in [3.05, 3.63) is 29.8 Å². The fourth-order valence-corrected chi connectivity index (χ4v) is 1.83. The molecule has 0 bridgehead atoms. The molecule has 0 saturated carbocycles. The average molecular weight is 236 g/mol. The summed E-state index contributed by atoms with van der Waals surface area (Å²) in [5.41, 5.74) is 1.24. The van der Waals surface area contributed by atoms with E-state index in [9.17, 15) is 0 Å². The van der Waals surface area contributed by atoms with Gasteiger partial charge in [-0.25, -0.2) is 0 Å². The molecule has 17 heavy (non-hydrogen) atoms. The first kappa shape index (κ1) is 14.0. The Hall–Kier alpha value is -1.06. The van der Waals surface area contributed by atoms with Crippen LogP contribution in [0.2, 0.25) is 0 Å². The minimum absolute atomic E-state index is 0.562. The van der Waals surface area contributed by atoms with Crippen LogP contribution in [0.3, 0.4) is 0 Å². The van der Waals surface area contributed by atoms with Crippen LogP contribution in [0.15, 0.2) is 24.3 Å². The molecular weight excluding hydrogens is 212 g/mol. The zero-order valence-electron chi connectivity index (χ0n) is 11.4. The highest BCUT2D eigenvalue weighted by Gasteiger charge is 2.11. The molecule has 0 fully saturated rings. The van der Waals surface area contributed by atoms with Crippen molar-refractivity contribution in [2.75, 3.05) is 27.7 Å². The minimum atomic E-state index is 0.562. The number of benzene rings is 1. The van der Waals surface area contributed by atoms with E-state index in [0.717, 1.165) is 25.3 Å². The third-order valence-electron chi connectivity index (χ3n) is 3.18. The second-order valence-corrected chi connectivity index (χ2v) is 4.47. The molecule has 0 spiro atoms. The van der Waals surface area contributed by atoms with Crippen LogP contribution < -0.4 is 10.1 Å². The molecule has 1 atom stereocenters. The van der Waals surface area contributed by atoms with Crippen molar-refractivity contribution >= 4 is 0 Å². The van der Waals surface area contributed by atoms with E-state index in [0.29, 0.717) is 6.04 Å². The largest absolute Gasteiger partial charge is 0.496 e. The van der Waals surface area contributed by atoms with Crippen LogP contribution in [0.1, 0.15) is 18.9 Å². The standard InChI is InChI=1S/C14H24N2O/c1-12(9-10-15-2)16(3)11-13-7-5-6-8-14(13)17-4/h5-8,12,15H,9-11H2,1-4H3. The molecule has 1 unspecified atom stereocenters. The van der Waals surface area contributed by atoms with E-state index in [1.54, 1.807) is 7.11 Å². The van der Waals surface area contributed by atoms with E-state index >= 15 is 0 Å². The number of ether oxygens (including phenoxy) is 1. The number of para-hydroxylation sites is 1. The molecule has 0 heterocycles. The molecule has 0 aliphatic carbocycles. The summed E-state index contributed by atoms with van der Waals surface area (Å²) in [6.45, 7) is 4.24. The maximum absolute atomic E-state index is 5.37. The zero-order chi connectivity index (χ0) is 12.7. The molecule has 0 amide bonds. The third kappa shape index (κ3) is 4.36. The molecule has 96 valence electrons. The summed E-state index contributed by atoms with van der Waals surface area (Å²) in [6, 6.07) is 8.77. The molecule has 0 saturated heterocycles. The first-order chi connectivity index (χ1) is 8.19. The van der Waals surface area contributed by atoms with Crippen LogP contribution in [0.4, 0.5) is 0 Å². The topological polar surface area (TPSA) is 24.5 Å². The van der Waals surface area contributed by atoms with Gasteiger partial charge in [-0.2, -0.15) is 0 Å². The van der Waals surface area contributed by atoms with E-state index < -0.39 is 0 Å². The normalized spacial score (nSPS) is 12.8. The zero-order valence-corrected chi connectivity index (χ0v) is 11.4. The van der Waals surface area contributed by atoms with Gasteiger partial charge in [-0.3, -0.25) is 4.90 Å². The van der Waals surface area contributed by atoms with Crippen LogP contribution in [0.25, 0.3) is 0 Å². The Labute approximate surface area is 105 Å². The quantitative estimate of drug-likeness (QED) is 0.785. The number of rotatable bonds is 7.